The average Bonchev–Trinajstić information content (AvgIpc) is 2.55. The summed E-state index contributed by atoms with van der Waals surface area (Å²) in [4.78, 5) is 9.16. The minimum atomic E-state index is -3.35. The monoisotopic (exact) mass is 422 g/mol. The maximum Gasteiger partial charge on any atom is 0.325 e. The van der Waals surface area contributed by atoms with Crippen molar-refractivity contribution >= 4 is 7.60 Å². The van der Waals surface area contributed by atoms with E-state index in [1.807, 2.05) is 0 Å². The van der Waals surface area contributed by atoms with E-state index in [0.29, 0.717) is 18.6 Å². The van der Waals surface area contributed by atoms with Gasteiger partial charge in [-0.25, -0.2) is 0 Å². The molecule has 0 spiro atoms. The van der Waals surface area contributed by atoms with Crippen LogP contribution in [0.2, 0.25) is 0 Å². The summed E-state index contributed by atoms with van der Waals surface area (Å²) in [6, 6.07) is 0. The Morgan fingerprint density at radius 1 is 0.714 bits per heavy atom. The van der Waals surface area contributed by atoms with E-state index in [2.05, 4.69) is 27.7 Å². The summed E-state index contributed by atoms with van der Waals surface area (Å²) in [6.45, 7) is 12.6. The van der Waals surface area contributed by atoms with Crippen molar-refractivity contribution in [2.24, 2.45) is 10.8 Å². The lowest BCUT2D eigenvalue weighted by atomic mass is 9.82. The molecule has 0 bridgehead atoms. The molecule has 1 atom stereocenters. The van der Waals surface area contributed by atoms with E-state index < -0.39 is 7.60 Å². The Bertz CT molecular complexity index is 417. The molecule has 0 aliphatic carbocycles. The first-order valence-corrected chi connectivity index (χ1v) is 13.1. The molecule has 0 fully saturated rings. The van der Waals surface area contributed by atoms with Crippen LogP contribution in [0.25, 0.3) is 0 Å². The summed E-state index contributed by atoms with van der Waals surface area (Å²) >= 11 is 0. The lowest BCUT2D eigenvalue weighted by Gasteiger charge is -2.25. The van der Waals surface area contributed by atoms with Gasteiger partial charge in [0.05, 0.1) is 6.61 Å². The minimum absolute atomic E-state index is 0.123. The summed E-state index contributed by atoms with van der Waals surface area (Å²) in [7, 11) is -3.35. The molecule has 0 saturated heterocycles. The molecular formula is C22H47O5P. The van der Waals surface area contributed by atoms with Crippen LogP contribution < -0.4 is 0 Å². The standard InChI is InChI=1S/C22H47O5P/c1-21(2,13-7-6-10-17-23)14-8-11-18-26-19-12-9-15-22(3,4)16-20-27-28(5,24)25/h23H,6-20H2,1-5H3,(H,24,25). The Kier molecular flexibility index (Phi) is 15.0. The van der Waals surface area contributed by atoms with Crippen LogP contribution in [0.15, 0.2) is 0 Å². The summed E-state index contributed by atoms with van der Waals surface area (Å²) in [5, 5.41) is 8.84. The van der Waals surface area contributed by atoms with Crippen molar-refractivity contribution in [2.75, 3.05) is 33.1 Å². The van der Waals surface area contributed by atoms with Gasteiger partial charge in [-0.1, -0.05) is 53.4 Å². The van der Waals surface area contributed by atoms with Gasteiger partial charge in [0.15, 0.2) is 0 Å². The zero-order valence-electron chi connectivity index (χ0n) is 19.2. The van der Waals surface area contributed by atoms with E-state index in [0.717, 1.165) is 58.2 Å². The van der Waals surface area contributed by atoms with Gasteiger partial charge in [-0.2, -0.15) is 0 Å². The van der Waals surface area contributed by atoms with Gasteiger partial charge < -0.3 is 19.3 Å². The zero-order valence-corrected chi connectivity index (χ0v) is 20.1. The Balaban J connectivity index is 3.57. The molecule has 0 aliphatic heterocycles. The van der Waals surface area contributed by atoms with Crippen molar-refractivity contribution in [3.8, 4) is 0 Å². The number of rotatable bonds is 19. The van der Waals surface area contributed by atoms with Crippen molar-refractivity contribution in [1.29, 1.82) is 0 Å². The Hall–Kier alpha value is 0.0700. The maximum atomic E-state index is 11.1. The van der Waals surface area contributed by atoms with Gasteiger partial charge >= 0.3 is 7.60 Å². The SMILES string of the molecule is CC(C)(CCCCCO)CCCCOCCCCC(C)(C)CCOP(C)(=O)O. The molecule has 2 N–H and O–H groups in total. The molecule has 6 heteroatoms. The van der Waals surface area contributed by atoms with Crippen molar-refractivity contribution in [2.45, 2.75) is 98.3 Å². The van der Waals surface area contributed by atoms with Crippen LogP contribution in [0.4, 0.5) is 0 Å². The first kappa shape index (κ1) is 28.1. The van der Waals surface area contributed by atoms with Gasteiger partial charge in [0.1, 0.15) is 0 Å². The molecule has 0 aromatic carbocycles. The van der Waals surface area contributed by atoms with Gasteiger partial charge in [0.2, 0.25) is 0 Å². The topological polar surface area (TPSA) is 76.0 Å². The quantitative estimate of drug-likeness (QED) is 0.192. The molecule has 0 amide bonds. The molecule has 0 heterocycles. The fraction of sp³-hybridized carbons (Fsp3) is 1.00. The van der Waals surface area contributed by atoms with E-state index in [1.165, 1.54) is 32.3 Å². The predicted octanol–water partition coefficient (Wildman–Crippen LogP) is 6.17. The summed E-state index contributed by atoms with van der Waals surface area (Å²) < 4.78 is 21.9. The fourth-order valence-corrected chi connectivity index (χ4v) is 3.78. The summed E-state index contributed by atoms with van der Waals surface area (Å²) in [5.41, 5.74) is 0.518. The largest absolute Gasteiger partial charge is 0.396 e. The Morgan fingerprint density at radius 2 is 1.18 bits per heavy atom. The summed E-state index contributed by atoms with van der Waals surface area (Å²) in [5.74, 6) is 0. The molecule has 170 valence electrons. The highest BCUT2D eigenvalue weighted by Crippen LogP contribution is 2.38. The number of unbranched alkanes of at least 4 members (excludes halogenated alkanes) is 4. The van der Waals surface area contributed by atoms with E-state index in [4.69, 9.17) is 19.3 Å². The third-order valence-corrected chi connectivity index (χ3v) is 6.07. The highest BCUT2D eigenvalue weighted by molar-refractivity contribution is 7.51. The van der Waals surface area contributed by atoms with Crippen molar-refractivity contribution in [3.05, 3.63) is 0 Å². The Labute approximate surface area is 174 Å². The van der Waals surface area contributed by atoms with Crippen LogP contribution in [0.1, 0.15) is 98.3 Å². The lowest BCUT2D eigenvalue weighted by molar-refractivity contribution is 0.118. The number of ether oxygens (including phenoxy) is 1. The van der Waals surface area contributed by atoms with Gasteiger partial charge in [-0.05, 0) is 55.8 Å². The van der Waals surface area contributed by atoms with Crippen molar-refractivity contribution in [1.82, 2.24) is 0 Å². The lowest BCUT2D eigenvalue weighted by Crippen LogP contribution is -2.14. The zero-order chi connectivity index (χ0) is 21.5. The number of hydrogen-bond acceptors (Lipinski definition) is 4. The van der Waals surface area contributed by atoms with Gasteiger partial charge in [-0.3, -0.25) is 4.57 Å². The maximum absolute atomic E-state index is 11.1. The van der Waals surface area contributed by atoms with Gasteiger partial charge in [-0.15, -0.1) is 0 Å². The number of aliphatic hydroxyl groups is 1. The third kappa shape index (κ3) is 19.4. The van der Waals surface area contributed by atoms with Crippen molar-refractivity contribution in [3.63, 3.8) is 0 Å². The minimum Gasteiger partial charge on any atom is -0.396 e. The van der Waals surface area contributed by atoms with Crippen LogP contribution in [-0.4, -0.2) is 43.1 Å². The molecule has 0 aliphatic rings. The molecular weight excluding hydrogens is 375 g/mol. The second-order valence-corrected chi connectivity index (χ2v) is 11.6. The Morgan fingerprint density at radius 3 is 1.64 bits per heavy atom. The molecule has 28 heavy (non-hydrogen) atoms. The van der Waals surface area contributed by atoms with Crippen LogP contribution >= 0.6 is 7.60 Å². The van der Waals surface area contributed by atoms with Crippen LogP contribution in [0, 0.1) is 10.8 Å². The smallest absolute Gasteiger partial charge is 0.325 e. The van der Waals surface area contributed by atoms with Crippen LogP contribution in [-0.2, 0) is 13.8 Å². The first-order valence-electron chi connectivity index (χ1n) is 11.1. The molecule has 0 aromatic rings. The second kappa shape index (κ2) is 15.0. The van der Waals surface area contributed by atoms with E-state index in [-0.39, 0.29) is 5.41 Å². The molecule has 0 rings (SSSR count). The molecule has 0 aromatic heterocycles. The highest BCUT2D eigenvalue weighted by Gasteiger charge is 2.19. The van der Waals surface area contributed by atoms with Crippen LogP contribution in [0.5, 0.6) is 0 Å². The first-order chi connectivity index (χ1) is 13.0. The highest BCUT2D eigenvalue weighted by atomic mass is 31.2. The van der Waals surface area contributed by atoms with Gasteiger partial charge in [0.25, 0.3) is 0 Å². The second-order valence-electron chi connectivity index (χ2n) is 9.78. The van der Waals surface area contributed by atoms with Gasteiger partial charge in [0, 0.05) is 26.5 Å². The summed E-state index contributed by atoms with van der Waals surface area (Å²) in [6.07, 6.45) is 12.1. The normalized spacial score (nSPS) is 15.0. The van der Waals surface area contributed by atoms with Crippen molar-refractivity contribution < 1.29 is 23.8 Å². The molecule has 0 saturated carbocycles. The average molecular weight is 423 g/mol. The van der Waals surface area contributed by atoms with E-state index >= 15 is 0 Å². The third-order valence-electron chi connectivity index (χ3n) is 5.41. The fourth-order valence-electron chi connectivity index (χ4n) is 3.35. The van der Waals surface area contributed by atoms with E-state index in [9.17, 15) is 4.57 Å². The number of aliphatic hydroxyl groups excluding tert-OH is 1. The molecule has 1 unspecified atom stereocenters. The predicted molar refractivity (Wildman–Crippen MR) is 118 cm³/mol. The number of hydrogen-bond donors (Lipinski definition) is 2. The molecule has 5 nitrogen and oxygen atoms in total. The van der Waals surface area contributed by atoms with E-state index in [1.54, 1.807) is 0 Å². The van der Waals surface area contributed by atoms with Crippen LogP contribution in [0.3, 0.4) is 0 Å². The molecule has 0 radical (unpaired) electrons.